The van der Waals surface area contributed by atoms with Crippen molar-refractivity contribution in [3.63, 3.8) is 0 Å². The number of nitrogens with two attached hydrogens (primary N) is 3. The molecule has 3 atom stereocenters. The van der Waals surface area contributed by atoms with Crippen molar-refractivity contribution >= 4 is 36.1 Å². The fourth-order valence-electron chi connectivity index (χ4n) is 5.04. The van der Waals surface area contributed by atoms with E-state index in [1.807, 2.05) is 30.3 Å². The number of carbonyl (C=O) groups is 5. The third-order valence-corrected chi connectivity index (χ3v) is 7.19. The molecule has 6 N–H and O–H groups in total. The molecule has 1 saturated heterocycles. The Labute approximate surface area is 250 Å². The van der Waals surface area contributed by atoms with E-state index in [0.29, 0.717) is 16.9 Å². The summed E-state index contributed by atoms with van der Waals surface area (Å²) in [5, 5.41) is 0. The molecule has 13 heteroatoms. The van der Waals surface area contributed by atoms with Gasteiger partial charge in [0.15, 0.2) is 12.2 Å². The number of imide groups is 1. The zero-order valence-electron chi connectivity index (χ0n) is 24.1. The molecular weight excluding hydrogens is 556 g/mol. The Hall–Kier alpha value is -4.78. The van der Waals surface area contributed by atoms with E-state index in [9.17, 15) is 24.0 Å². The van der Waals surface area contributed by atoms with E-state index >= 15 is 0 Å². The van der Waals surface area contributed by atoms with Gasteiger partial charge in [-0.05, 0) is 43.2 Å². The van der Waals surface area contributed by atoms with Gasteiger partial charge >= 0.3 is 12.1 Å². The Balaban J connectivity index is 1.96. The fraction of sp³-hybridized carbons (Fsp3) is 0.400. The first-order chi connectivity index (χ1) is 20.6. The maximum atomic E-state index is 14.2. The molecule has 0 spiro atoms. The molecule has 0 unspecified atom stereocenters. The van der Waals surface area contributed by atoms with E-state index in [4.69, 9.17) is 26.7 Å². The van der Waals surface area contributed by atoms with Crippen molar-refractivity contribution in [3.05, 3.63) is 71.8 Å². The molecule has 0 radical (unpaired) electrons. The zero-order valence-corrected chi connectivity index (χ0v) is 24.1. The van der Waals surface area contributed by atoms with Gasteiger partial charge in [0.05, 0.1) is 13.2 Å². The molecule has 3 rings (SSSR count). The van der Waals surface area contributed by atoms with Crippen LogP contribution in [0.5, 0.6) is 0 Å². The first kappa shape index (κ1) is 32.7. The maximum Gasteiger partial charge on any atom is 0.418 e. The highest BCUT2D eigenvalue weighted by Gasteiger charge is 2.54. The van der Waals surface area contributed by atoms with E-state index in [1.54, 1.807) is 30.3 Å². The van der Waals surface area contributed by atoms with Gasteiger partial charge in [0.2, 0.25) is 11.4 Å². The number of amides is 3. The Morgan fingerprint density at radius 1 is 1.07 bits per heavy atom. The SMILES string of the molecule is COC(=O)[C@@](C=O)(CCCN=C(N)N)N(C(=O)OCc1ccccc1)C(=O)[C@@H]1CCCN1C(=O)[C@H](N)Cc1ccccc1. The molecule has 0 aliphatic carbocycles. The summed E-state index contributed by atoms with van der Waals surface area (Å²) in [7, 11) is 1.03. The molecule has 230 valence electrons. The standard InChI is InChI=1S/C30H38N6O7/c1-42-27(40)30(20-37,15-9-16-34-28(32)33)36(29(41)43-19-22-12-6-3-7-13-22)26(39)24-14-8-17-35(24)25(38)23(31)18-21-10-4-2-5-11-21/h2-7,10-13,20,23-24H,8-9,14-19,31H2,1H3,(H4,32,33,34)/t23-,24+,30+/m1/s1. The minimum atomic E-state index is -2.41. The van der Waals surface area contributed by atoms with Gasteiger partial charge in [-0.25, -0.2) is 14.5 Å². The highest BCUT2D eigenvalue weighted by atomic mass is 16.6. The summed E-state index contributed by atoms with van der Waals surface area (Å²) >= 11 is 0. The molecule has 0 saturated carbocycles. The molecule has 2 aromatic carbocycles. The predicted molar refractivity (Wildman–Crippen MR) is 157 cm³/mol. The number of aldehydes is 1. The molecule has 1 aliphatic rings. The molecular formula is C30H38N6O7. The van der Waals surface area contributed by atoms with E-state index in [0.717, 1.165) is 12.7 Å². The number of nitrogens with zero attached hydrogens (tertiary/aromatic N) is 3. The summed E-state index contributed by atoms with van der Waals surface area (Å²) in [6.45, 7) is -0.0529. The number of likely N-dealkylation sites (tertiary alicyclic amines) is 1. The van der Waals surface area contributed by atoms with Crippen LogP contribution in [0.2, 0.25) is 0 Å². The van der Waals surface area contributed by atoms with Crippen LogP contribution >= 0.6 is 0 Å². The topological polar surface area (TPSA) is 201 Å². The lowest BCUT2D eigenvalue weighted by Gasteiger charge is -2.38. The fourth-order valence-corrected chi connectivity index (χ4v) is 5.04. The average molecular weight is 595 g/mol. The second-order valence-electron chi connectivity index (χ2n) is 10.1. The first-order valence-corrected chi connectivity index (χ1v) is 13.9. The molecule has 2 aromatic rings. The Morgan fingerprint density at radius 3 is 2.28 bits per heavy atom. The summed E-state index contributed by atoms with van der Waals surface area (Å²) in [6.07, 6.45) is -0.569. The van der Waals surface area contributed by atoms with Crippen LogP contribution in [0.25, 0.3) is 0 Å². The summed E-state index contributed by atoms with van der Waals surface area (Å²) in [5.74, 6) is -2.83. The number of ether oxygens (including phenoxy) is 2. The van der Waals surface area contributed by atoms with Gasteiger partial charge in [0.25, 0.3) is 5.91 Å². The number of aliphatic imine (C=N–C) groups is 1. The summed E-state index contributed by atoms with van der Waals surface area (Å²) in [5.41, 5.74) is 16.1. The zero-order chi connectivity index (χ0) is 31.4. The van der Waals surface area contributed by atoms with Crippen LogP contribution in [-0.4, -0.2) is 83.7 Å². The summed E-state index contributed by atoms with van der Waals surface area (Å²) in [6, 6.07) is 15.7. The van der Waals surface area contributed by atoms with Gasteiger partial charge in [-0.15, -0.1) is 0 Å². The predicted octanol–water partition coefficient (Wildman–Crippen LogP) is 0.877. The largest absolute Gasteiger partial charge is 0.467 e. The van der Waals surface area contributed by atoms with Crippen LogP contribution in [0.3, 0.4) is 0 Å². The molecule has 0 bridgehead atoms. The molecule has 1 heterocycles. The number of hydrogen-bond donors (Lipinski definition) is 3. The second kappa shape index (κ2) is 15.4. The number of methoxy groups -OCH3 is 1. The molecule has 1 fully saturated rings. The average Bonchev–Trinajstić information content (AvgIpc) is 3.51. The lowest BCUT2D eigenvalue weighted by molar-refractivity contribution is -0.164. The number of guanidine groups is 1. The quantitative estimate of drug-likeness (QED) is 0.0746. The Bertz CT molecular complexity index is 1300. The van der Waals surface area contributed by atoms with Crippen LogP contribution in [0.4, 0.5) is 4.79 Å². The third-order valence-electron chi connectivity index (χ3n) is 7.19. The third kappa shape index (κ3) is 8.16. The van der Waals surface area contributed by atoms with Crippen LogP contribution in [0.1, 0.15) is 36.8 Å². The highest BCUT2D eigenvalue weighted by molar-refractivity contribution is 6.09. The Kier molecular flexibility index (Phi) is 11.8. The number of benzene rings is 2. The van der Waals surface area contributed by atoms with Gasteiger partial charge < -0.3 is 36.4 Å². The van der Waals surface area contributed by atoms with Crippen molar-refractivity contribution in [2.75, 3.05) is 20.2 Å². The van der Waals surface area contributed by atoms with Crippen LogP contribution in [0.15, 0.2) is 65.7 Å². The van der Waals surface area contributed by atoms with Gasteiger partial charge in [0, 0.05) is 13.1 Å². The van der Waals surface area contributed by atoms with E-state index in [-0.39, 0.29) is 57.6 Å². The van der Waals surface area contributed by atoms with Gasteiger partial charge in [-0.2, -0.15) is 0 Å². The monoisotopic (exact) mass is 594 g/mol. The molecule has 43 heavy (non-hydrogen) atoms. The van der Waals surface area contributed by atoms with Crippen molar-refractivity contribution in [2.24, 2.45) is 22.2 Å². The lowest BCUT2D eigenvalue weighted by Crippen LogP contribution is -2.65. The summed E-state index contributed by atoms with van der Waals surface area (Å²) < 4.78 is 10.4. The normalized spacial score (nSPS) is 16.3. The minimum Gasteiger partial charge on any atom is -0.467 e. The Morgan fingerprint density at radius 2 is 1.70 bits per heavy atom. The van der Waals surface area contributed by atoms with Gasteiger partial charge in [-0.1, -0.05) is 60.7 Å². The molecule has 0 aromatic heterocycles. The van der Waals surface area contributed by atoms with Gasteiger partial charge in [-0.3, -0.25) is 14.6 Å². The van der Waals surface area contributed by atoms with Crippen LogP contribution in [-0.2, 0) is 41.7 Å². The van der Waals surface area contributed by atoms with Crippen molar-refractivity contribution in [1.29, 1.82) is 0 Å². The van der Waals surface area contributed by atoms with E-state index in [1.165, 1.54) is 4.90 Å². The minimum absolute atomic E-state index is 0.00160. The molecule has 1 aliphatic heterocycles. The molecule has 3 amide bonds. The smallest absolute Gasteiger partial charge is 0.418 e. The number of hydrogen-bond acceptors (Lipinski definition) is 9. The maximum absolute atomic E-state index is 14.2. The number of esters is 1. The van der Waals surface area contributed by atoms with E-state index in [2.05, 4.69) is 4.99 Å². The first-order valence-electron chi connectivity index (χ1n) is 13.9. The van der Waals surface area contributed by atoms with Crippen molar-refractivity contribution in [2.45, 2.75) is 56.3 Å². The summed E-state index contributed by atoms with van der Waals surface area (Å²) in [4.78, 5) is 72.9. The molecule has 13 nitrogen and oxygen atoms in total. The van der Waals surface area contributed by atoms with Crippen LogP contribution < -0.4 is 17.2 Å². The van der Waals surface area contributed by atoms with E-state index < -0.39 is 41.5 Å². The second-order valence-corrected chi connectivity index (χ2v) is 10.1. The van der Waals surface area contributed by atoms with Crippen molar-refractivity contribution in [3.8, 4) is 0 Å². The lowest BCUT2D eigenvalue weighted by atomic mass is 9.91. The van der Waals surface area contributed by atoms with Crippen molar-refractivity contribution < 1.29 is 33.4 Å². The highest BCUT2D eigenvalue weighted by Crippen LogP contribution is 2.29. The number of rotatable bonds is 13. The van der Waals surface area contributed by atoms with Gasteiger partial charge in [0.1, 0.15) is 12.6 Å². The van der Waals surface area contributed by atoms with Crippen LogP contribution in [0, 0.1) is 0 Å². The number of carbonyl (C=O) groups excluding carboxylic acids is 5. The van der Waals surface area contributed by atoms with Crippen molar-refractivity contribution in [1.82, 2.24) is 9.80 Å².